The molecule has 1 atom stereocenters. The quantitative estimate of drug-likeness (QED) is 0.867. The Hall–Kier alpha value is -2.93. The van der Waals surface area contributed by atoms with Gasteiger partial charge in [0.05, 0.1) is 17.9 Å². The van der Waals surface area contributed by atoms with E-state index < -0.39 is 0 Å². The van der Waals surface area contributed by atoms with Crippen LogP contribution < -0.4 is 15.1 Å². The summed E-state index contributed by atoms with van der Waals surface area (Å²) in [6.45, 7) is 5.29. The Labute approximate surface area is 169 Å². The number of anilines is 3. The number of rotatable bonds is 3. The Bertz CT molecular complexity index is 894. The van der Waals surface area contributed by atoms with Gasteiger partial charge in [0.1, 0.15) is 5.82 Å². The highest BCUT2D eigenvalue weighted by molar-refractivity contribution is 6.04. The van der Waals surface area contributed by atoms with E-state index in [1.54, 1.807) is 17.0 Å². The van der Waals surface area contributed by atoms with Crippen LogP contribution in [0.25, 0.3) is 0 Å². The minimum atomic E-state index is -0.238. The van der Waals surface area contributed by atoms with Crippen LogP contribution in [0.5, 0.6) is 0 Å². The Kier molecular flexibility index (Phi) is 5.49. The molecule has 6 nitrogen and oxygen atoms in total. The minimum Gasteiger partial charge on any atom is -0.369 e. The third-order valence-corrected chi connectivity index (χ3v) is 5.55. The van der Waals surface area contributed by atoms with E-state index in [4.69, 9.17) is 0 Å². The second kappa shape index (κ2) is 8.21. The van der Waals surface area contributed by atoms with E-state index >= 15 is 0 Å². The number of nitrogens with one attached hydrogen (secondary N) is 1. The number of fused-ring (bicyclic) bond motifs is 1. The topological polar surface area (TPSA) is 55.9 Å². The summed E-state index contributed by atoms with van der Waals surface area (Å²) >= 11 is 0. The van der Waals surface area contributed by atoms with E-state index in [0.29, 0.717) is 12.2 Å². The summed E-state index contributed by atoms with van der Waals surface area (Å²) in [5.74, 6) is -0.317. The van der Waals surface area contributed by atoms with E-state index in [9.17, 15) is 14.0 Å². The molecule has 0 saturated carbocycles. The maximum absolute atomic E-state index is 13.2. The Balaban J connectivity index is 1.42. The molecule has 0 unspecified atom stereocenters. The number of amides is 2. The lowest BCUT2D eigenvalue weighted by Gasteiger charge is -2.37. The monoisotopic (exact) mass is 396 g/mol. The van der Waals surface area contributed by atoms with Crippen molar-refractivity contribution in [3.8, 4) is 0 Å². The largest absolute Gasteiger partial charge is 0.369 e. The van der Waals surface area contributed by atoms with E-state index in [1.165, 1.54) is 12.1 Å². The molecule has 1 fully saturated rings. The summed E-state index contributed by atoms with van der Waals surface area (Å²) in [6, 6.07) is 13.8. The van der Waals surface area contributed by atoms with Gasteiger partial charge in [-0.15, -0.1) is 0 Å². The third-order valence-electron chi connectivity index (χ3n) is 5.55. The molecule has 7 heteroatoms. The molecule has 0 radical (unpaired) electrons. The van der Waals surface area contributed by atoms with Gasteiger partial charge in [0.2, 0.25) is 11.8 Å². The van der Waals surface area contributed by atoms with Gasteiger partial charge in [-0.3, -0.25) is 14.5 Å². The van der Waals surface area contributed by atoms with Gasteiger partial charge in [0.25, 0.3) is 0 Å². The van der Waals surface area contributed by atoms with Crippen molar-refractivity contribution >= 4 is 28.9 Å². The Morgan fingerprint density at radius 2 is 1.76 bits per heavy atom. The van der Waals surface area contributed by atoms with Crippen molar-refractivity contribution in [2.24, 2.45) is 0 Å². The Morgan fingerprint density at radius 1 is 1.07 bits per heavy atom. The zero-order valence-corrected chi connectivity index (χ0v) is 16.5. The van der Waals surface area contributed by atoms with Gasteiger partial charge in [-0.05, 0) is 43.3 Å². The van der Waals surface area contributed by atoms with Crippen molar-refractivity contribution in [3.63, 3.8) is 0 Å². The van der Waals surface area contributed by atoms with Crippen molar-refractivity contribution < 1.29 is 14.0 Å². The number of para-hydroxylation sites is 2. The average molecular weight is 396 g/mol. The van der Waals surface area contributed by atoms with Crippen LogP contribution in [0.1, 0.15) is 13.3 Å². The van der Waals surface area contributed by atoms with Crippen LogP contribution in [0.15, 0.2) is 48.5 Å². The first-order chi connectivity index (χ1) is 14.0. The molecule has 0 aromatic heterocycles. The van der Waals surface area contributed by atoms with Gasteiger partial charge in [0.15, 0.2) is 0 Å². The lowest BCUT2D eigenvalue weighted by Crippen LogP contribution is -2.51. The van der Waals surface area contributed by atoms with Gasteiger partial charge < -0.3 is 15.1 Å². The molecule has 1 N–H and O–H groups in total. The number of hydrogen-bond acceptors (Lipinski definition) is 4. The molecule has 2 aliphatic rings. The molecule has 0 bridgehead atoms. The molecule has 1 saturated heterocycles. The highest BCUT2D eigenvalue weighted by Crippen LogP contribution is 2.31. The third kappa shape index (κ3) is 4.24. The van der Waals surface area contributed by atoms with Gasteiger partial charge in [-0.2, -0.15) is 0 Å². The Morgan fingerprint density at radius 3 is 2.48 bits per heavy atom. The van der Waals surface area contributed by atoms with Crippen molar-refractivity contribution in [1.82, 2.24) is 4.90 Å². The van der Waals surface area contributed by atoms with Gasteiger partial charge in [0, 0.05) is 44.3 Å². The smallest absolute Gasteiger partial charge is 0.241 e. The second-order valence-electron chi connectivity index (χ2n) is 7.62. The fourth-order valence-electron chi connectivity index (χ4n) is 4.05. The van der Waals surface area contributed by atoms with Crippen LogP contribution in [0.4, 0.5) is 21.5 Å². The predicted molar refractivity (Wildman–Crippen MR) is 112 cm³/mol. The van der Waals surface area contributed by atoms with Gasteiger partial charge in [-0.25, -0.2) is 4.39 Å². The number of carbonyl (C=O) groups is 2. The molecule has 2 aliphatic heterocycles. The zero-order valence-electron chi connectivity index (χ0n) is 16.5. The summed E-state index contributed by atoms with van der Waals surface area (Å²) < 4.78 is 13.1. The van der Waals surface area contributed by atoms with E-state index in [-0.39, 0.29) is 30.1 Å². The first kappa shape index (κ1) is 19.4. The highest BCUT2D eigenvalue weighted by atomic mass is 19.1. The number of hydrogen-bond donors (Lipinski definition) is 1. The maximum atomic E-state index is 13.2. The number of halogens is 1. The summed E-state index contributed by atoms with van der Waals surface area (Å²) in [6.07, 6.45) is 0.277. The molecule has 2 amide bonds. The fraction of sp³-hybridized carbons (Fsp3) is 0.364. The minimum absolute atomic E-state index is 0.00307. The van der Waals surface area contributed by atoms with Crippen molar-refractivity contribution in [2.75, 3.05) is 47.8 Å². The SMILES string of the molecule is C[C@H]1CC(=O)Nc2ccccc2N1C(=O)CN1CCN(c2ccc(F)cc2)CC1. The molecule has 2 heterocycles. The zero-order chi connectivity index (χ0) is 20.4. The standard InChI is InChI=1S/C22H25FN4O2/c1-16-14-21(28)24-19-4-2-3-5-20(19)27(16)22(29)15-25-10-12-26(13-11-25)18-8-6-17(23)7-9-18/h2-9,16H,10-15H2,1H3,(H,24,28)/t16-/m0/s1. The molecule has 2 aromatic carbocycles. The number of carbonyl (C=O) groups excluding carboxylic acids is 2. The highest BCUT2D eigenvalue weighted by Gasteiger charge is 2.31. The van der Waals surface area contributed by atoms with E-state index in [2.05, 4.69) is 15.1 Å². The van der Waals surface area contributed by atoms with E-state index in [1.807, 2.05) is 31.2 Å². The average Bonchev–Trinajstić information content (AvgIpc) is 2.83. The first-order valence-electron chi connectivity index (χ1n) is 9.95. The molecular weight excluding hydrogens is 371 g/mol. The summed E-state index contributed by atoms with van der Waals surface area (Å²) in [5, 5.41) is 2.89. The van der Waals surface area contributed by atoms with Crippen LogP contribution in [-0.4, -0.2) is 55.5 Å². The van der Waals surface area contributed by atoms with Crippen molar-refractivity contribution in [3.05, 3.63) is 54.3 Å². The molecule has 2 aromatic rings. The molecule has 4 rings (SSSR count). The summed E-state index contributed by atoms with van der Waals surface area (Å²) in [5.41, 5.74) is 2.43. The van der Waals surface area contributed by atoms with Crippen LogP contribution in [0.3, 0.4) is 0 Å². The van der Waals surface area contributed by atoms with Crippen LogP contribution >= 0.6 is 0 Å². The first-order valence-corrected chi connectivity index (χ1v) is 9.95. The normalized spacial score (nSPS) is 20.1. The second-order valence-corrected chi connectivity index (χ2v) is 7.62. The van der Waals surface area contributed by atoms with Gasteiger partial charge >= 0.3 is 0 Å². The van der Waals surface area contributed by atoms with Crippen molar-refractivity contribution in [2.45, 2.75) is 19.4 Å². The predicted octanol–water partition coefficient (Wildman–Crippen LogP) is 2.71. The maximum Gasteiger partial charge on any atom is 0.241 e. The van der Waals surface area contributed by atoms with Crippen LogP contribution in [-0.2, 0) is 9.59 Å². The molecule has 0 aliphatic carbocycles. The molecular formula is C22H25FN4O2. The lowest BCUT2D eigenvalue weighted by molar-refractivity contribution is -0.120. The van der Waals surface area contributed by atoms with Crippen molar-refractivity contribution in [1.29, 1.82) is 0 Å². The fourth-order valence-corrected chi connectivity index (χ4v) is 4.05. The molecule has 0 spiro atoms. The van der Waals surface area contributed by atoms with Gasteiger partial charge in [-0.1, -0.05) is 12.1 Å². The van der Waals surface area contributed by atoms with E-state index in [0.717, 1.165) is 37.6 Å². The van der Waals surface area contributed by atoms with Crippen LogP contribution in [0, 0.1) is 5.82 Å². The summed E-state index contributed by atoms with van der Waals surface area (Å²) in [4.78, 5) is 31.4. The number of nitrogens with zero attached hydrogens (tertiary/aromatic N) is 3. The molecule has 152 valence electrons. The number of piperazine rings is 1. The van der Waals surface area contributed by atoms with Crippen LogP contribution in [0.2, 0.25) is 0 Å². The molecule has 29 heavy (non-hydrogen) atoms. The number of benzene rings is 2. The lowest BCUT2D eigenvalue weighted by atomic mass is 10.1. The summed E-state index contributed by atoms with van der Waals surface area (Å²) in [7, 11) is 0.